The van der Waals surface area contributed by atoms with Crippen molar-refractivity contribution in [2.45, 2.75) is 19.8 Å². The minimum atomic E-state index is -0.245. The third-order valence-corrected chi connectivity index (χ3v) is 0.766. The smallest absolute Gasteiger partial charge is 0.305 e. The molecule has 0 fully saturated rings. The van der Waals surface area contributed by atoms with Gasteiger partial charge in [0.15, 0.2) is 0 Å². The molecule has 0 aromatic carbocycles. The standard InChI is InChI=1S/C6H9NO2.H3N/c1-2-6(8)9-5-3-4-7;/h2-3,5H2,1H3;1H3. The molecule has 0 radical (unpaired) electrons. The van der Waals surface area contributed by atoms with Crippen molar-refractivity contribution >= 4 is 5.97 Å². The van der Waals surface area contributed by atoms with Crippen molar-refractivity contribution in [1.82, 2.24) is 6.15 Å². The maximum atomic E-state index is 10.4. The van der Waals surface area contributed by atoms with Gasteiger partial charge in [-0.2, -0.15) is 5.26 Å². The Hall–Kier alpha value is -1.08. The van der Waals surface area contributed by atoms with Crippen LogP contribution in [0.25, 0.3) is 0 Å². The van der Waals surface area contributed by atoms with Crippen molar-refractivity contribution in [3.63, 3.8) is 0 Å². The molecule has 4 nitrogen and oxygen atoms in total. The maximum absolute atomic E-state index is 10.4. The fourth-order valence-electron chi connectivity index (χ4n) is 0.313. The predicted molar refractivity (Wildman–Crippen MR) is 36.5 cm³/mol. The van der Waals surface area contributed by atoms with Crippen LogP contribution >= 0.6 is 0 Å². The molecule has 0 saturated heterocycles. The van der Waals surface area contributed by atoms with E-state index in [1.165, 1.54) is 0 Å². The van der Waals surface area contributed by atoms with Gasteiger partial charge in [0.05, 0.1) is 12.5 Å². The van der Waals surface area contributed by atoms with Crippen LogP contribution in [0.1, 0.15) is 19.8 Å². The zero-order valence-corrected chi connectivity index (χ0v) is 6.09. The fourth-order valence-corrected chi connectivity index (χ4v) is 0.313. The Morgan fingerprint density at radius 1 is 1.70 bits per heavy atom. The number of esters is 1. The summed E-state index contributed by atoms with van der Waals surface area (Å²) < 4.78 is 4.57. The van der Waals surface area contributed by atoms with Crippen molar-refractivity contribution in [1.29, 1.82) is 5.26 Å². The summed E-state index contributed by atoms with van der Waals surface area (Å²) in [5.74, 6) is -0.245. The van der Waals surface area contributed by atoms with E-state index < -0.39 is 0 Å². The number of hydrogen-bond donors (Lipinski definition) is 1. The second-order valence-electron chi connectivity index (χ2n) is 1.48. The quantitative estimate of drug-likeness (QED) is 0.473. The third-order valence-electron chi connectivity index (χ3n) is 0.766. The summed E-state index contributed by atoms with van der Waals surface area (Å²) in [6.07, 6.45) is 0.664. The van der Waals surface area contributed by atoms with E-state index in [9.17, 15) is 4.79 Å². The van der Waals surface area contributed by atoms with E-state index in [0.29, 0.717) is 6.42 Å². The van der Waals surface area contributed by atoms with Gasteiger partial charge in [0, 0.05) is 6.42 Å². The molecule has 0 aliphatic heterocycles. The number of nitriles is 1. The van der Waals surface area contributed by atoms with Gasteiger partial charge in [-0.3, -0.25) is 4.79 Å². The lowest BCUT2D eigenvalue weighted by atomic mass is 10.5. The lowest BCUT2D eigenvalue weighted by Gasteiger charge is -1.96. The van der Waals surface area contributed by atoms with Crippen LogP contribution in [0.15, 0.2) is 0 Å². The highest BCUT2D eigenvalue weighted by molar-refractivity contribution is 5.68. The lowest BCUT2D eigenvalue weighted by molar-refractivity contribution is -0.143. The zero-order chi connectivity index (χ0) is 7.11. The molecule has 4 heteroatoms. The summed E-state index contributed by atoms with van der Waals surface area (Å²) in [5.41, 5.74) is 0. The summed E-state index contributed by atoms with van der Waals surface area (Å²) in [6, 6.07) is 1.87. The molecule has 0 heterocycles. The number of nitrogens with zero attached hydrogens (tertiary/aromatic N) is 1. The Morgan fingerprint density at radius 3 is 2.70 bits per heavy atom. The SMILES string of the molecule is CCC(=O)OCCC#N.N. The van der Waals surface area contributed by atoms with E-state index in [1.807, 2.05) is 6.07 Å². The Kier molecular flexibility index (Phi) is 9.25. The second-order valence-corrected chi connectivity index (χ2v) is 1.48. The Bertz CT molecular complexity index is 128. The maximum Gasteiger partial charge on any atom is 0.305 e. The number of carbonyl (C=O) groups is 1. The first kappa shape index (κ1) is 11.7. The minimum Gasteiger partial charge on any atom is -0.465 e. The molecule has 0 atom stereocenters. The molecule has 0 rings (SSSR count). The summed E-state index contributed by atoms with van der Waals surface area (Å²) in [5, 5.41) is 8.01. The van der Waals surface area contributed by atoms with Gasteiger partial charge in [-0.1, -0.05) is 6.92 Å². The van der Waals surface area contributed by atoms with Gasteiger partial charge in [0.25, 0.3) is 0 Å². The van der Waals surface area contributed by atoms with E-state index in [1.54, 1.807) is 6.92 Å². The van der Waals surface area contributed by atoms with Crippen molar-refractivity contribution < 1.29 is 9.53 Å². The van der Waals surface area contributed by atoms with Gasteiger partial charge in [0.2, 0.25) is 0 Å². The molecule has 0 saturated carbocycles. The molecule has 0 aromatic heterocycles. The molecule has 0 bridgehead atoms. The van der Waals surface area contributed by atoms with E-state index >= 15 is 0 Å². The number of rotatable bonds is 3. The van der Waals surface area contributed by atoms with Crippen LogP contribution in [0, 0.1) is 11.3 Å². The predicted octanol–water partition coefficient (Wildman–Crippen LogP) is 1.02. The molecule has 0 aliphatic carbocycles. The number of hydrogen-bond acceptors (Lipinski definition) is 4. The van der Waals surface area contributed by atoms with Crippen LogP contribution in [-0.2, 0) is 9.53 Å². The molecule has 0 aliphatic rings. The lowest BCUT2D eigenvalue weighted by Crippen LogP contribution is -2.02. The Labute approximate surface area is 60.4 Å². The fraction of sp³-hybridized carbons (Fsp3) is 0.667. The molecule has 0 amide bonds. The number of carbonyl (C=O) groups excluding carboxylic acids is 1. The Balaban J connectivity index is 0. The summed E-state index contributed by atoms with van der Waals surface area (Å²) in [4.78, 5) is 10.4. The van der Waals surface area contributed by atoms with E-state index in [0.717, 1.165) is 0 Å². The Morgan fingerprint density at radius 2 is 2.30 bits per heavy atom. The molecule has 0 aromatic rings. The van der Waals surface area contributed by atoms with Crippen molar-refractivity contribution in [3.8, 4) is 6.07 Å². The minimum absolute atomic E-state index is 0. The van der Waals surface area contributed by atoms with E-state index in [2.05, 4.69) is 4.74 Å². The first-order valence-corrected chi connectivity index (χ1v) is 2.83. The average molecular weight is 144 g/mol. The van der Waals surface area contributed by atoms with Gasteiger partial charge in [-0.15, -0.1) is 0 Å². The van der Waals surface area contributed by atoms with E-state index in [-0.39, 0.29) is 25.1 Å². The normalized spacial score (nSPS) is 7.20. The van der Waals surface area contributed by atoms with Crippen LogP contribution in [0.4, 0.5) is 0 Å². The third kappa shape index (κ3) is 6.92. The van der Waals surface area contributed by atoms with Gasteiger partial charge in [-0.05, 0) is 0 Å². The van der Waals surface area contributed by atoms with Crippen LogP contribution < -0.4 is 6.15 Å². The molecule has 0 spiro atoms. The van der Waals surface area contributed by atoms with Crippen molar-refractivity contribution in [2.75, 3.05) is 6.61 Å². The van der Waals surface area contributed by atoms with Gasteiger partial charge in [0.1, 0.15) is 6.61 Å². The molecular formula is C6H12N2O2. The summed E-state index contributed by atoms with van der Waals surface area (Å²) in [6.45, 7) is 1.94. The monoisotopic (exact) mass is 144 g/mol. The average Bonchev–Trinajstić information content (AvgIpc) is 1.89. The van der Waals surface area contributed by atoms with Crippen LogP contribution in [0.3, 0.4) is 0 Å². The van der Waals surface area contributed by atoms with Crippen LogP contribution in [0.5, 0.6) is 0 Å². The number of ether oxygens (including phenoxy) is 1. The van der Waals surface area contributed by atoms with Crippen LogP contribution in [-0.4, -0.2) is 12.6 Å². The highest BCUT2D eigenvalue weighted by Gasteiger charge is 1.94. The van der Waals surface area contributed by atoms with Gasteiger partial charge < -0.3 is 10.9 Å². The highest BCUT2D eigenvalue weighted by Crippen LogP contribution is 1.85. The van der Waals surface area contributed by atoms with Gasteiger partial charge in [-0.25, -0.2) is 0 Å². The van der Waals surface area contributed by atoms with Crippen molar-refractivity contribution in [2.24, 2.45) is 0 Å². The molecule has 10 heavy (non-hydrogen) atoms. The molecule has 3 N–H and O–H groups in total. The first-order valence-electron chi connectivity index (χ1n) is 2.83. The van der Waals surface area contributed by atoms with Crippen molar-refractivity contribution in [3.05, 3.63) is 0 Å². The molecule has 58 valence electrons. The topological polar surface area (TPSA) is 85.1 Å². The largest absolute Gasteiger partial charge is 0.465 e. The zero-order valence-electron chi connectivity index (χ0n) is 6.09. The second kappa shape index (κ2) is 7.92. The molecule has 0 unspecified atom stereocenters. The van der Waals surface area contributed by atoms with Crippen LogP contribution in [0.2, 0.25) is 0 Å². The summed E-state index contributed by atoms with van der Waals surface area (Å²) in [7, 11) is 0. The highest BCUT2D eigenvalue weighted by atomic mass is 16.5. The van der Waals surface area contributed by atoms with Gasteiger partial charge >= 0.3 is 5.97 Å². The molecular weight excluding hydrogens is 132 g/mol. The first-order chi connectivity index (χ1) is 4.31. The van der Waals surface area contributed by atoms with E-state index in [4.69, 9.17) is 5.26 Å². The summed E-state index contributed by atoms with van der Waals surface area (Å²) >= 11 is 0.